The number of nitrogens with zero attached hydrogens (tertiary/aromatic N) is 3. The molecule has 0 aliphatic rings. The molecule has 0 aliphatic heterocycles. The van der Waals surface area contributed by atoms with Gasteiger partial charge in [0.15, 0.2) is 0 Å². The van der Waals surface area contributed by atoms with Crippen LogP contribution >= 0.6 is 0 Å². The Morgan fingerprint density at radius 3 is 2.67 bits per heavy atom. The number of nitrogens with one attached hydrogen (secondary N) is 1. The molecule has 0 radical (unpaired) electrons. The van der Waals surface area contributed by atoms with Gasteiger partial charge in [0.2, 0.25) is 0 Å². The number of amides is 1. The molecule has 0 unspecified atom stereocenters. The highest BCUT2D eigenvalue weighted by molar-refractivity contribution is 5.97. The van der Waals surface area contributed by atoms with Gasteiger partial charge in [0.05, 0.1) is 11.0 Å². The minimum Gasteiger partial charge on any atom is -0.340 e. The number of hydrogen-bond acceptors (Lipinski definition) is 3. The molecule has 1 N–H and O–H groups in total. The SMILES string of the molecule is CNCCN(C)C(=O)c1ccc2c(c1)nc(C)n2-c1ccccc1. The summed E-state index contributed by atoms with van der Waals surface area (Å²) in [6.45, 7) is 3.42. The average molecular weight is 322 g/mol. The van der Waals surface area contributed by atoms with Crippen molar-refractivity contribution in [2.75, 3.05) is 27.2 Å². The summed E-state index contributed by atoms with van der Waals surface area (Å²) in [5.74, 6) is 0.920. The molecule has 0 aliphatic carbocycles. The molecule has 0 bridgehead atoms. The predicted molar refractivity (Wildman–Crippen MR) is 96.7 cm³/mol. The summed E-state index contributed by atoms with van der Waals surface area (Å²) in [6.07, 6.45) is 0. The fourth-order valence-corrected chi connectivity index (χ4v) is 2.84. The van der Waals surface area contributed by atoms with Gasteiger partial charge in [0, 0.05) is 31.4 Å². The lowest BCUT2D eigenvalue weighted by Gasteiger charge is -2.16. The zero-order chi connectivity index (χ0) is 17.1. The van der Waals surface area contributed by atoms with Crippen LogP contribution in [0.5, 0.6) is 0 Å². The van der Waals surface area contributed by atoms with E-state index in [4.69, 9.17) is 0 Å². The molecule has 0 spiro atoms. The summed E-state index contributed by atoms with van der Waals surface area (Å²) in [6, 6.07) is 15.8. The summed E-state index contributed by atoms with van der Waals surface area (Å²) in [4.78, 5) is 18.9. The molecule has 0 saturated carbocycles. The number of aryl methyl sites for hydroxylation is 1. The van der Waals surface area contributed by atoms with Crippen molar-refractivity contribution >= 4 is 16.9 Å². The van der Waals surface area contributed by atoms with Gasteiger partial charge in [0.25, 0.3) is 5.91 Å². The average Bonchev–Trinajstić information content (AvgIpc) is 2.94. The lowest BCUT2D eigenvalue weighted by molar-refractivity contribution is 0.0797. The van der Waals surface area contributed by atoms with Gasteiger partial charge in [-0.05, 0) is 44.3 Å². The first-order valence-corrected chi connectivity index (χ1v) is 8.06. The summed E-state index contributed by atoms with van der Waals surface area (Å²) in [5, 5.41) is 3.05. The van der Waals surface area contributed by atoms with Crippen LogP contribution in [0.4, 0.5) is 0 Å². The highest BCUT2D eigenvalue weighted by atomic mass is 16.2. The third kappa shape index (κ3) is 3.03. The molecule has 5 nitrogen and oxygen atoms in total. The molecule has 24 heavy (non-hydrogen) atoms. The van der Waals surface area contributed by atoms with Crippen LogP contribution in [0.15, 0.2) is 48.5 Å². The van der Waals surface area contributed by atoms with Gasteiger partial charge < -0.3 is 10.2 Å². The van der Waals surface area contributed by atoms with Crippen molar-refractivity contribution in [3.63, 3.8) is 0 Å². The van der Waals surface area contributed by atoms with Gasteiger partial charge in [-0.25, -0.2) is 4.98 Å². The molecule has 0 fully saturated rings. The Hall–Kier alpha value is -2.66. The highest BCUT2D eigenvalue weighted by Gasteiger charge is 2.15. The first kappa shape index (κ1) is 16.2. The number of aromatic nitrogens is 2. The van der Waals surface area contributed by atoms with Crippen LogP contribution in [-0.4, -0.2) is 47.5 Å². The van der Waals surface area contributed by atoms with Crippen LogP contribution in [0.3, 0.4) is 0 Å². The second kappa shape index (κ2) is 6.84. The molecular formula is C19H22N4O. The Balaban J connectivity index is 1.98. The number of carbonyl (C=O) groups excluding carboxylic acids is 1. The topological polar surface area (TPSA) is 50.2 Å². The van der Waals surface area contributed by atoms with Gasteiger partial charge >= 0.3 is 0 Å². The van der Waals surface area contributed by atoms with Gasteiger partial charge in [-0.3, -0.25) is 9.36 Å². The van der Waals surface area contributed by atoms with Gasteiger partial charge in [-0.2, -0.15) is 0 Å². The van der Waals surface area contributed by atoms with E-state index in [9.17, 15) is 4.79 Å². The highest BCUT2D eigenvalue weighted by Crippen LogP contribution is 2.22. The minimum absolute atomic E-state index is 0.0130. The van der Waals surface area contributed by atoms with Crippen molar-refractivity contribution in [3.8, 4) is 5.69 Å². The van der Waals surface area contributed by atoms with Crippen LogP contribution in [-0.2, 0) is 0 Å². The first-order chi connectivity index (χ1) is 11.6. The van der Waals surface area contributed by atoms with E-state index in [0.717, 1.165) is 29.1 Å². The molecule has 5 heteroatoms. The maximum Gasteiger partial charge on any atom is 0.253 e. The van der Waals surface area contributed by atoms with Crippen molar-refractivity contribution < 1.29 is 4.79 Å². The van der Waals surface area contributed by atoms with Crippen molar-refractivity contribution in [3.05, 3.63) is 59.9 Å². The van der Waals surface area contributed by atoms with E-state index in [1.54, 1.807) is 4.90 Å². The number of likely N-dealkylation sites (N-methyl/N-ethyl adjacent to an activating group) is 2. The van der Waals surface area contributed by atoms with Crippen molar-refractivity contribution in [1.29, 1.82) is 0 Å². The lowest BCUT2D eigenvalue weighted by atomic mass is 10.1. The minimum atomic E-state index is 0.0130. The van der Waals surface area contributed by atoms with E-state index in [1.165, 1.54) is 0 Å². The van der Waals surface area contributed by atoms with E-state index in [0.29, 0.717) is 12.1 Å². The number of carbonyl (C=O) groups is 1. The molecule has 2 aromatic carbocycles. The van der Waals surface area contributed by atoms with Gasteiger partial charge in [-0.15, -0.1) is 0 Å². The second-order valence-electron chi connectivity index (χ2n) is 5.86. The Labute approximate surface area is 141 Å². The maximum atomic E-state index is 12.5. The number of rotatable bonds is 5. The van der Waals surface area contributed by atoms with E-state index in [-0.39, 0.29) is 5.91 Å². The van der Waals surface area contributed by atoms with Crippen molar-refractivity contribution in [2.24, 2.45) is 0 Å². The smallest absolute Gasteiger partial charge is 0.253 e. The molecule has 0 atom stereocenters. The van der Waals surface area contributed by atoms with E-state index in [1.807, 2.05) is 57.4 Å². The van der Waals surface area contributed by atoms with Crippen LogP contribution in [0.25, 0.3) is 16.7 Å². The number of imidazole rings is 1. The van der Waals surface area contributed by atoms with Crippen LogP contribution < -0.4 is 5.32 Å². The van der Waals surface area contributed by atoms with E-state index >= 15 is 0 Å². The second-order valence-corrected chi connectivity index (χ2v) is 5.86. The number of benzene rings is 2. The van der Waals surface area contributed by atoms with Crippen molar-refractivity contribution in [2.45, 2.75) is 6.92 Å². The zero-order valence-electron chi connectivity index (χ0n) is 14.3. The third-order valence-electron chi connectivity index (χ3n) is 4.13. The molecule has 1 amide bonds. The van der Waals surface area contributed by atoms with Crippen LogP contribution in [0.2, 0.25) is 0 Å². The largest absolute Gasteiger partial charge is 0.340 e. The van der Waals surface area contributed by atoms with Gasteiger partial charge in [-0.1, -0.05) is 18.2 Å². The Bertz CT molecular complexity index is 854. The Morgan fingerprint density at radius 1 is 1.21 bits per heavy atom. The monoisotopic (exact) mass is 322 g/mol. The summed E-state index contributed by atoms with van der Waals surface area (Å²) in [7, 11) is 3.70. The molecule has 3 aromatic rings. The maximum absolute atomic E-state index is 12.5. The van der Waals surface area contributed by atoms with E-state index in [2.05, 4.69) is 27.0 Å². The van der Waals surface area contributed by atoms with Crippen molar-refractivity contribution in [1.82, 2.24) is 19.8 Å². The Morgan fingerprint density at radius 2 is 1.96 bits per heavy atom. The van der Waals surface area contributed by atoms with Gasteiger partial charge in [0.1, 0.15) is 5.82 Å². The molecule has 3 rings (SSSR count). The predicted octanol–water partition coefficient (Wildman–Crippen LogP) is 2.63. The molecule has 124 valence electrons. The third-order valence-corrected chi connectivity index (χ3v) is 4.13. The van der Waals surface area contributed by atoms with E-state index < -0.39 is 0 Å². The van der Waals surface area contributed by atoms with Crippen LogP contribution in [0, 0.1) is 6.92 Å². The number of fused-ring (bicyclic) bond motifs is 1. The molecule has 1 heterocycles. The summed E-state index contributed by atoms with van der Waals surface area (Å²) >= 11 is 0. The molecule has 1 aromatic heterocycles. The first-order valence-electron chi connectivity index (χ1n) is 8.06. The number of para-hydroxylation sites is 1. The molecule has 0 saturated heterocycles. The fraction of sp³-hybridized carbons (Fsp3) is 0.263. The zero-order valence-corrected chi connectivity index (χ0v) is 14.3. The Kier molecular flexibility index (Phi) is 4.62. The normalized spacial score (nSPS) is 11.0. The quantitative estimate of drug-likeness (QED) is 0.785. The summed E-state index contributed by atoms with van der Waals surface area (Å²) < 4.78 is 2.11. The lowest BCUT2D eigenvalue weighted by Crippen LogP contribution is -2.32. The number of hydrogen-bond donors (Lipinski definition) is 1. The summed E-state index contributed by atoms with van der Waals surface area (Å²) in [5.41, 5.74) is 3.58. The molecular weight excluding hydrogens is 300 g/mol. The fourth-order valence-electron chi connectivity index (χ4n) is 2.84. The standard InChI is InChI=1S/C19H22N4O/c1-14-21-17-13-15(19(24)22(3)12-11-20-2)9-10-18(17)23(14)16-7-5-4-6-8-16/h4-10,13,20H,11-12H2,1-3H3. The van der Waals surface area contributed by atoms with Crippen LogP contribution in [0.1, 0.15) is 16.2 Å².